The fraction of sp³-hybridized carbons (Fsp3) is 0.833. The number of aromatic nitrogens is 2. The van der Waals surface area contributed by atoms with Crippen LogP contribution in [-0.4, -0.2) is 52.1 Å². The number of hydrogen-bond acceptors (Lipinski definition) is 7. The molecule has 0 aliphatic carbocycles. The maximum absolute atomic E-state index is 12.3. The van der Waals surface area contributed by atoms with Crippen LogP contribution in [0.3, 0.4) is 0 Å². The summed E-state index contributed by atoms with van der Waals surface area (Å²) in [6.45, 7) is 3.29. The van der Waals surface area contributed by atoms with Crippen molar-refractivity contribution in [2.75, 3.05) is 18.8 Å². The summed E-state index contributed by atoms with van der Waals surface area (Å²) in [6.07, 6.45) is 2.06. The number of aliphatic hydroxyl groups is 1. The Hall–Kier alpha value is -0.570. The molecule has 0 amide bonds. The summed E-state index contributed by atoms with van der Waals surface area (Å²) in [5.41, 5.74) is 0.594. The Morgan fingerprint density at radius 2 is 2.15 bits per heavy atom. The molecule has 0 saturated carbocycles. The zero-order valence-electron chi connectivity index (χ0n) is 11.4. The van der Waals surface area contributed by atoms with Crippen LogP contribution in [0.2, 0.25) is 0 Å². The molecular weight excluding hydrogens is 298 g/mol. The second-order valence-corrected chi connectivity index (χ2v) is 8.20. The predicted octanol–water partition coefficient (Wildman–Crippen LogP) is 0.849. The number of hydrogen-bond donors (Lipinski definition) is 1. The van der Waals surface area contributed by atoms with Crippen LogP contribution in [-0.2, 0) is 9.84 Å². The average molecular weight is 317 g/mol. The van der Waals surface area contributed by atoms with Gasteiger partial charge in [0.05, 0.1) is 29.6 Å². The molecule has 3 rings (SSSR count). The fourth-order valence-corrected chi connectivity index (χ4v) is 5.61. The normalized spacial score (nSPS) is 33.5. The Labute approximate surface area is 123 Å². The van der Waals surface area contributed by atoms with Gasteiger partial charge in [-0.2, -0.15) is 8.75 Å². The first-order chi connectivity index (χ1) is 9.53. The van der Waals surface area contributed by atoms with Crippen molar-refractivity contribution in [3.8, 4) is 0 Å². The van der Waals surface area contributed by atoms with E-state index in [-0.39, 0.29) is 22.9 Å². The monoisotopic (exact) mass is 317 g/mol. The molecule has 3 heterocycles. The molecule has 2 aliphatic rings. The van der Waals surface area contributed by atoms with E-state index in [2.05, 4.69) is 13.6 Å². The van der Waals surface area contributed by atoms with Crippen molar-refractivity contribution in [3.05, 3.63) is 5.69 Å². The van der Waals surface area contributed by atoms with E-state index in [1.807, 2.05) is 6.92 Å². The lowest BCUT2D eigenvalue weighted by atomic mass is 9.94. The largest absolute Gasteiger partial charge is 0.391 e. The number of fused-ring (bicyclic) bond motifs is 2. The molecule has 1 aromatic heterocycles. The highest BCUT2D eigenvalue weighted by atomic mass is 32.2. The van der Waals surface area contributed by atoms with Crippen molar-refractivity contribution in [2.24, 2.45) is 5.92 Å². The molecule has 2 aliphatic heterocycles. The summed E-state index contributed by atoms with van der Waals surface area (Å²) >= 11 is 0.971. The van der Waals surface area contributed by atoms with Crippen LogP contribution in [0.1, 0.15) is 37.9 Å². The molecule has 4 unspecified atom stereocenters. The van der Waals surface area contributed by atoms with Gasteiger partial charge >= 0.3 is 0 Å². The van der Waals surface area contributed by atoms with Gasteiger partial charge < -0.3 is 5.11 Å². The van der Waals surface area contributed by atoms with Gasteiger partial charge in [-0.05, 0) is 25.2 Å². The van der Waals surface area contributed by atoms with E-state index in [9.17, 15) is 13.5 Å². The molecule has 2 bridgehead atoms. The first-order valence-electron chi connectivity index (χ1n) is 7.00. The molecule has 112 valence electrons. The topological polar surface area (TPSA) is 83.4 Å². The quantitative estimate of drug-likeness (QED) is 0.886. The molecule has 1 N–H and O–H groups in total. The SMILES string of the molecule is CCCS(=O)(=O)c1nsnc1C1CCC2CN1CC2O. The average Bonchev–Trinajstić information content (AvgIpc) is 2.97. The van der Waals surface area contributed by atoms with E-state index >= 15 is 0 Å². The molecule has 2 saturated heterocycles. The maximum atomic E-state index is 12.3. The van der Waals surface area contributed by atoms with Gasteiger partial charge in [0.2, 0.25) is 0 Å². The van der Waals surface area contributed by atoms with Crippen LogP contribution in [0.5, 0.6) is 0 Å². The molecule has 4 atom stereocenters. The van der Waals surface area contributed by atoms with E-state index < -0.39 is 9.84 Å². The second kappa shape index (κ2) is 5.32. The van der Waals surface area contributed by atoms with Gasteiger partial charge in [0, 0.05) is 13.1 Å². The van der Waals surface area contributed by atoms with Crippen molar-refractivity contribution in [3.63, 3.8) is 0 Å². The summed E-state index contributed by atoms with van der Waals surface area (Å²) in [4.78, 5) is 2.15. The summed E-state index contributed by atoms with van der Waals surface area (Å²) in [5.74, 6) is 0.442. The summed E-state index contributed by atoms with van der Waals surface area (Å²) in [5, 5.41) is 10.1. The van der Waals surface area contributed by atoms with E-state index in [1.54, 1.807) is 0 Å². The van der Waals surface area contributed by atoms with Gasteiger partial charge in [0.15, 0.2) is 14.9 Å². The summed E-state index contributed by atoms with van der Waals surface area (Å²) < 4.78 is 32.8. The van der Waals surface area contributed by atoms with Crippen LogP contribution in [0.4, 0.5) is 0 Å². The zero-order chi connectivity index (χ0) is 14.3. The minimum Gasteiger partial charge on any atom is -0.391 e. The molecular formula is C12H19N3O3S2. The fourth-order valence-electron chi connectivity index (χ4n) is 3.26. The van der Waals surface area contributed by atoms with Gasteiger partial charge in [0.1, 0.15) is 5.69 Å². The third-order valence-corrected chi connectivity index (χ3v) is 6.74. The van der Waals surface area contributed by atoms with Crippen LogP contribution in [0.25, 0.3) is 0 Å². The summed E-state index contributed by atoms with van der Waals surface area (Å²) in [6, 6.07) is -0.0104. The molecule has 0 aromatic carbocycles. The highest BCUT2D eigenvalue weighted by Gasteiger charge is 2.42. The van der Waals surface area contributed by atoms with Crippen molar-refractivity contribution >= 4 is 21.6 Å². The third kappa shape index (κ3) is 2.38. The number of aliphatic hydroxyl groups excluding tert-OH is 1. The van der Waals surface area contributed by atoms with Crippen LogP contribution in [0.15, 0.2) is 5.03 Å². The van der Waals surface area contributed by atoms with Crippen molar-refractivity contribution < 1.29 is 13.5 Å². The third-order valence-electron chi connectivity index (χ3n) is 4.25. The summed E-state index contributed by atoms with van der Waals surface area (Å²) in [7, 11) is -3.33. The Balaban J connectivity index is 1.91. The Morgan fingerprint density at radius 1 is 1.35 bits per heavy atom. The Morgan fingerprint density at radius 3 is 2.90 bits per heavy atom. The highest BCUT2D eigenvalue weighted by Crippen LogP contribution is 2.40. The number of sulfone groups is 1. The van der Waals surface area contributed by atoms with Crippen LogP contribution in [0, 0.1) is 5.92 Å². The number of piperidine rings is 1. The first kappa shape index (κ1) is 14.4. The lowest BCUT2D eigenvalue weighted by Crippen LogP contribution is -2.31. The van der Waals surface area contributed by atoms with Crippen molar-refractivity contribution in [2.45, 2.75) is 43.4 Å². The molecule has 20 heavy (non-hydrogen) atoms. The lowest BCUT2D eigenvalue weighted by Gasteiger charge is -2.30. The van der Waals surface area contributed by atoms with E-state index in [0.717, 1.165) is 31.1 Å². The standard InChI is InChI=1S/C12H19N3O3S2/c1-2-5-20(17,18)12-11(13-19-14-12)9-4-3-8-6-15(9)7-10(8)16/h8-10,16H,2-7H2,1H3. The Kier molecular flexibility index (Phi) is 3.83. The van der Waals surface area contributed by atoms with E-state index in [0.29, 0.717) is 24.6 Å². The minimum atomic E-state index is -3.33. The smallest absolute Gasteiger partial charge is 0.198 e. The van der Waals surface area contributed by atoms with Crippen LogP contribution < -0.4 is 0 Å². The van der Waals surface area contributed by atoms with E-state index in [1.165, 1.54) is 0 Å². The predicted molar refractivity (Wildman–Crippen MR) is 75.3 cm³/mol. The van der Waals surface area contributed by atoms with Gasteiger partial charge in [-0.15, -0.1) is 0 Å². The minimum absolute atomic E-state index is 0.0104. The molecule has 2 fully saturated rings. The molecule has 6 nitrogen and oxygen atoms in total. The molecule has 0 spiro atoms. The lowest BCUT2D eigenvalue weighted by molar-refractivity contribution is 0.144. The Bertz CT molecular complexity index is 585. The molecule has 0 radical (unpaired) electrons. The van der Waals surface area contributed by atoms with Crippen molar-refractivity contribution in [1.29, 1.82) is 0 Å². The van der Waals surface area contributed by atoms with Crippen molar-refractivity contribution in [1.82, 2.24) is 13.6 Å². The van der Waals surface area contributed by atoms with Gasteiger partial charge in [-0.1, -0.05) is 6.92 Å². The first-order valence-corrected chi connectivity index (χ1v) is 9.38. The van der Waals surface area contributed by atoms with Gasteiger partial charge in [0.25, 0.3) is 0 Å². The van der Waals surface area contributed by atoms with E-state index in [4.69, 9.17) is 0 Å². The molecule has 8 heteroatoms. The number of rotatable bonds is 4. The van der Waals surface area contributed by atoms with Crippen LogP contribution >= 0.6 is 11.7 Å². The zero-order valence-corrected chi connectivity index (χ0v) is 13.0. The number of nitrogens with zero attached hydrogens (tertiary/aromatic N) is 3. The van der Waals surface area contributed by atoms with Gasteiger partial charge in [-0.25, -0.2) is 8.42 Å². The second-order valence-electron chi connectivity index (χ2n) is 5.65. The highest BCUT2D eigenvalue weighted by molar-refractivity contribution is 7.91. The van der Waals surface area contributed by atoms with Gasteiger partial charge in [-0.3, -0.25) is 4.90 Å². The maximum Gasteiger partial charge on any atom is 0.198 e. The molecule has 1 aromatic rings.